The van der Waals surface area contributed by atoms with E-state index in [1.165, 1.54) is 19.2 Å². The van der Waals surface area contributed by atoms with Crippen molar-refractivity contribution in [3.63, 3.8) is 0 Å². The lowest BCUT2D eigenvalue weighted by atomic mass is 10.1. The van der Waals surface area contributed by atoms with E-state index in [0.717, 1.165) is 5.69 Å². The fourth-order valence-electron chi connectivity index (χ4n) is 3.13. The summed E-state index contributed by atoms with van der Waals surface area (Å²) in [4.78, 5) is 40.3. The maximum Gasteiger partial charge on any atom is 0.339 e. The number of benzene rings is 2. The number of hydrogen-bond acceptors (Lipinski definition) is 6. The lowest BCUT2D eigenvalue weighted by Crippen LogP contribution is -2.49. The molecule has 1 saturated heterocycles. The Kier molecular flexibility index (Phi) is 6.72. The van der Waals surface area contributed by atoms with Crippen molar-refractivity contribution < 1.29 is 23.9 Å². The van der Waals surface area contributed by atoms with E-state index in [1.54, 1.807) is 17.0 Å². The van der Waals surface area contributed by atoms with Gasteiger partial charge in [-0.2, -0.15) is 0 Å². The first-order chi connectivity index (χ1) is 14.0. The number of methoxy groups -OCH3 is 1. The second-order valence-electron chi connectivity index (χ2n) is 6.46. The number of amides is 1. The molecule has 1 amide bonds. The maximum atomic E-state index is 12.4. The maximum absolute atomic E-state index is 12.4. The second-order valence-corrected chi connectivity index (χ2v) is 6.90. The highest BCUT2D eigenvalue weighted by Gasteiger charge is 2.24. The Morgan fingerprint density at radius 3 is 2.21 bits per heavy atom. The van der Waals surface area contributed by atoms with Crippen molar-refractivity contribution in [1.82, 2.24) is 4.90 Å². The summed E-state index contributed by atoms with van der Waals surface area (Å²) >= 11 is 6.04. The molecule has 2 aromatic rings. The molecule has 2 aromatic carbocycles. The van der Waals surface area contributed by atoms with Gasteiger partial charge in [-0.15, -0.1) is 0 Å². The Bertz CT molecular complexity index is 909. The zero-order valence-corrected chi connectivity index (χ0v) is 16.7. The summed E-state index contributed by atoms with van der Waals surface area (Å²) in [5, 5.41) is 0.667. The fourth-order valence-corrected chi connectivity index (χ4v) is 3.32. The molecule has 7 nitrogen and oxygen atoms in total. The molecule has 29 heavy (non-hydrogen) atoms. The molecule has 0 spiro atoms. The van der Waals surface area contributed by atoms with Gasteiger partial charge in [-0.1, -0.05) is 29.8 Å². The van der Waals surface area contributed by atoms with Gasteiger partial charge in [0, 0.05) is 36.9 Å². The summed E-state index contributed by atoms with van der Waals surface area (Å²) in [6.45, 7) is 1.96. The first-order valence-corrected chi connectivity index (χ1v) is 9.50. The van der Waals surface area contributed by atoms with Crippen LogP contribution in [0.25, 0.3) is 0 Å². The summed E-state index contributed by atoms with van der Waals surface area (Å²) in [6.07, 6.45) is 0. The van der Waals surface area contributed by atoms with Crippen molar-refractivity contribution in [2.75, 3.05) is 44.8 Å². The van der Waals surface area contributed by atoms with Crippen molar-refractivity contribution in [3.05, 3.63) is 64.7 Å². The molecule has 0 unspecified atom stereocenters. The van der Waals surface area contributed by atoms with Gasteiger partial charge in [0.2, 0.25) is 0 Å². The van der Waals surface area contributed by atoms with Crippen LogP contribution in [0.4, 0.5) is 5.69 Å². The Hall–Kier alpha value is -3.06. The van der Waals surface area contributed by atoms with Crippen LogP contribution in [-0.4, -0.2) is 62.6 Å². The van der Waals surface area contributed by atoms with Gasteiger partial charge in [-0.05, 0) is 30.3 Å². The molecule has 0 aromatic heterocycles. The highest BCUT2D eigenvalue weighted by Crippen LogP contribution is 2.21. The summed E-state index contributed by atoms with van der Waals surface area (Å²) < 4.78 is 9.80. The molecule has 1 heterocycles. The van der Waals surface area contributed by atoms with Gasteiger partial charge in [0.25, 0.3) is 5.91 Å². The number of anilines is 1. The molecule has 1 aliphatic rings. The summed E-state index contributed by atoms with van der Waals surface area (Å²) in [6, 6.07) is 13.7. The molecule has 1 fully saturated rings. The van der Waals surface area contributed by atoms with Gasteiger partial charge in [0.1, 0.15) is 0 Å². The van der Waals surface area contributed by atoms with Crippen LogP contribution in [0.1, 0.15) is 20.7 Å². The minimum absolute atomic E-state index is 0.0675. The van der Waals surface area contributed by atoms with Crippen LogP contribution in [0.5, 0.6) is 0 Å². The molecule has 0 saturated carbocycles. The highest BCUT2D eigenvalue weighted by molar-refractivity contribution is 6.30. The number of piperazine rings is 1. The Balaban J connectivity index is 1.53. The molecule has 0 radical (unpaired) electrons. The molecule has 3 rings (SSSR count). The van der Waals surface area contributed by atoms with E-state index in [2.05, 4.69) is 9.64 Å². The molecule has 152 valence electrons. The summed E-state index contributed by atoms with van der Waals surface area (Å²) in [5.74, 6) is -1.66. The Morgan fingerprint density at radius 2 is 1.59 bits per heavy atom. The standard InChI is InChI=1S/C21H21ClN2O5/c1-28-20(26)17-7-2-3-8-18(17)21(27)29-14-19(25)24-11-9-23(10-12-24)16-6-4-5-15(22)13-16/h2-8,13H,9-12,14H2,1H3. The smallest absolute Gasteiger partial charge is 0.339 e. The zero-order chi connectivity index (χ0) is 20.8. The molecule has 1 aliphatic heterocycles. The van der Waals surface area contributed by atoms with Crippen molar-refractivity contribution in [2.24, 2.45) is 0 Å². The molecule has 0 atom stereocenters. The van der Waals surface area contributed by atoms with E-state index in [4.69, 9.17) is 16.3 Å². The van der Waals surface area contributed by atoms with Crippen molar-refractivity contribution in [1.29, 1.82) is 0 Å². The number of rotatable bonds is 5. The number of halogens is 1. The average molecular weight is 417 g/mol. The van der Waals surface area contributed by atoms with Crippen LogP contribution < -0.4 is 4.90 Å². The van der Waals surface area contributed by atoms with Crippen LogP contribution in [-0.2, 0) is 14.3 Å². The summed E-state index contributed by atoms with van der Waals surface area (Å²) in [5.41, 5.74) is 1.18. The molecular weight excluding hydrogens is 396 g/mol. The topological polar surface area (TPSA) is 76.2 Å². The Labute approximate surface area is 173 Å². The van der Waals surface area contributed by atoms with Gasteiger partial charge in [0.05, 0.1) is 18.2 Å². The Morgan fingerprint density at radius 1 is 0.931 bits per heavy atom. The first kappa shape index (κ1) is 20.7. The number of esters is 2. The van der Waals surface area contributed by atoms with Gasteiger partial charge >= 0.3 is 11.9 Å². The number of nitrogens with zero attached hydrogens (tertiary/aromatic N) is 2. The van der Waals surface area contributed by atoms with E-state index < -0.39 is 11.9 Å². The van der Waals surface area contributed by atoms with Crippen LogP contribution in [0, 0.1) is 0 Å². The van der Waals surface area contributed by atoms with Gasteiger partial charge in [-0.3, -0.25) is 4.79 Å². The number of hydrogen-bond donors (Lipinski definition) is 0. The van der Waals surface area contributed by atoms with E-state index >= 15 is 0 Å². The number of ether oxygens (including phenoxy) is 2. The van der Waals surface area contributed by atoms with E-state index in [-0.39, 0.29) is 23.6 Å². The van der Waals surface area contributed by atoms with E-state index in [0.29, 0.717) is 31.2 Å². The van der Waals surface area contributed by atoms with Crippen molar-refractivity contribution in [3.8, 4) is 0 Å². The molecule has 0 bridgehead atoms. The largest absolute Gasteiger partial charge is 0.465 e. The predicted octanol–water partition coefficient (Wildman–Crippen LogP) is 2.63. The predicted molar refractivity (Wildman–Crippen MR) is 108 cm³/mol. The van der Waals surface area contributed by atoms with Gasteiger partial charge in [-0.25, -0.2) is 9.59 Å². The minimum atomic E-state index is -0.739. The molecule has 0 N–H and O–H groups in total. The average Bonchev–Trinajstić information content (AvgIpc) is 2.76. The molecule has 0 aliphatic carbocycles. The van der Waals surface area contributed by atoms with E-state index in [9.17, 15) is 14.4 Å². The van der Waals surface area contributed by atoms with Crippen LogP contribution in [0.3, 0.4) is 0 Å². The normalized spacial score (nSPS) is 13.7. The zero-order valence-electron chi connectivity index (χ0n) is 16.0. The van der Waals surface area contributed by atoms with Gasteiger partial charge in [0.15, 0.2) is 6.61 Å². The summed E-state index contributed by atoms with van der Waals surface area (Å²) in [7, 11) is 1.23. The van der Waals surface area contributed by atoms with Crippen molar-refractivity contribution in [2.45, 2.75) is 0 Å². The van der Waals surface area contributed by atoms with E-state index in [1.807, 2.05) is 24.3 Å². The van der Waals surface area contributed by atoms with Crippen LogP contribution in [0.15, 0.2) is 48.5 Å². The first-order valence-electron chi connectivity index (χ1n) is 9.12. The lowest BCUT2D eigenvalue weighted by molar-refractivity contribution is -0.134. The number of carbonyl (C=O) groups is 3. The highest BCUT2D eigenvalue weighted by atomic mass is 35.5. The quantitative estimate of drug-likeness (QED) is 0.697. The minimum Gasteiger partial charge on any atom is -0.465 e. The second kappa shape index (κ2) is 9.43. The third-order valence-corrected chi connectivity index (χ3v) is 4.92. The third kappa shape index (κ3) is 5.06. The lowest BCUT2D eigenvalue weighted by Gasteiger charge is -2.36. The number of carbonyl (C=O) groups excluding carboxylic acids is 3. The third-order valence-electron chi connectivity index (χ3n) is 4.68. The van der Waals surface area contributed by atoms with Crippen LogP contribution in [0.2, 0.25) is 5.02 Å². The fraction of sp³-hybridized carbons (Fsp3) is 0.286. The van der Waals surface area contributed by atoms with Crippen LogP contribution >= 0.6 is 11.6 Å². The molecule has 8 heteroatoms. The SMILES string of the molecule is COC(=O)c1ccccc1C(=O)OCC(=O)N1CCN(c2cccc(Cl)c2)CC1. The monoisotopic (exact) mass is 416 g/mol. The molecular formula is C21H21ClN2O5. The van der Waals surface area contributed by atoms with Gasteiger partial charge < -0.3 is 19.3 Å². The van der Waals surface area contributed by atoms with Crippen molar-refractivity contribution >= 4 is 35.1 Å².